The summed E-state index contributed by atoms with van der Waals surface area (Å²) in [6.45, 7) is 8.11. The van der Waals surface area contributed by atoms with Gasteiger partial charge in [0.2, 0.25) is 0 Å². The molecule has 0 amide bonds. The van der Waals surface area contributed by atoms with Crippen LogP contribution in [0, 0.1) is 5.92 Å². The highest BCUT2D eigenvalue weighted by molar-refractivity contribution is 4.84. The van der Waals surface area contributed by atoms with Crippen molar-refractivity contribution in [3.05, 3.63) is 0 Å². The molecule has 11 heavy (non-hydrogen) atoms. The lowest BCUT2D eigenvalue weighted by molar-refractivity contribution is 0.234. The maximum atomic E-state index is 5.21. The Morgan fingerprint density at radius 2 is 2.18 bits per heavy atom. The summed E-state index contributed by atoms with van der Waals surface area (Å²) >= 11 is 0. The molecule has 2 aliphatic rings. The largest absolute Gasteiger partial charge is 0.372 e. The lowest BCUT2D eigenvalue weighted by Gasteiger charge is -2.19. The molecule has 0 aromatic heterocycles. The standard InChI is InChI=1S/C9H17NO/c1-7-3-8(2)10(4-7)5-9-6-11-9/h7-9H,3-6H2,1-2H3. The first kappa shape index (κ1) is 7.56. The van der Waals surface area contributed by atoms with Crippen LogP contribution < -0.4 is 0 Å². The molecule has 2 fully saturated rings. The van der Waals surface area contributed by atoms with Crippen molar-refractivity contribution in [1.29, 1.82) is 0 Å². The van der Waals surface area contributed by atoms with Gasteiger partial charge >= 0.3 is 0 Å². The number of nitrogens with zero attached hydrogens (tertiary/aromatic N) is 1. The Morgan fingerprint density at radius 3 is 2.64 bits per heavy atom. The van der Waals surface area contributed by atoms with E-state index in [9.17, 15) is 0 Å². The van der Waals surface area contributed by atoms with Crippen LogP contribution in [-0.4, -0.2) is 36.7 Å². The SMILES string of the molecule is CC1CC(C)N(CC2CO2)C1. The van der Waals surface area contributed by atoms with Crippen LogP contribution >= 0.6 is 0 Å². The highest BCUT2D eigenvalue weighted by Gasteiger charge is 2.32. The monoisotopic (exact) mass is 155 g/mol. The zero-order chi connectivity index (χ0) is 7.84. The van der Waals surface area contributed by atoms with E-state index in [1.165, 1.54) is 19.5 Å². The predicted molar refractivity (Wildman–Crippen MR) is 44.6 cm³/mol. The molecule has 0 aliphatic carbocycles. The lowest BCUT2D eigenvalue weighted by Crippen LogP contribution is -2.30. The van der Waals surface area contributed by atoms with Crippen molar-refractivity contribution in [1.82, 2.24) is 4.90 Å². The fraction of sp³-hybridized carbons (Fsp3) is 1.00. The van der Waals surface area contributed by atoms with E-state index < -0.39 is 0 Å². The molecule has 0 N–H and O–H groups in total. The number of likely N-dealkylation sites (tertiary alicyclic amines) is 1. The predicted octanol–water partition coefficient (Wildman–Crippen LogP) is 1.12. The van der Waals surface area contributed by atoms with Crippen molar-refractivity contribution in [3.8, 4) is 0 Å². The molecule has 0 spiro atoms. The molecule has 0 bridgehead atoms. The van der Waals surface area contributed by atoms with Gasteiger partial charge in [-0.3, -0.25) is 4.90 Å². The summed E-state index contributed by atoms with van der Waals surface area (Å²) in [5, 5.41) is 0. The summed E-state index contributed by atoms with van der Waals surface area (Å²) in [7, 11) is 0. The molecule has 0 aromatic carbocycles. The van der Waals surface area contributed by atoms with Gasteiger partial charge in [0.25, 0.3) is 0 Å². The highest BCUT2D eigenvalue weighted by atomic mass is 16.6. The number of hydrogen-bond donors (Lipinski definition) is 0. The molecule has 0 saturated carbocycles. The molecule has 2 saturated heterocycles. The Morgan fingerprint density at radius 1 is 1.45 bits per heavy atom. The van der Waals surface area contributed by atoms with Crippen molar-refractivity contribution < 1.29 is 4.74 Å². The Hall–Kier alpha value is -0.0800. The van der Waals surface area contributed by atoms with E-state index in [1.807, 2.05) is 0 Å². The third-order valence-electron chi connectivity index (χ3n) is 2.75. The number of ether oxygens (including phenoxy) is 1. The van der Waals surface area contributed by atoms with Gasteiger partial charge in [0.15, 0.2) is 0 Å². The van der Waals surface area contributed by atoms with Crippen LogP contribution in [0.15, 0.2) is 0 Å². The van der Waals surface area contributed by atoms with Crippen LogP contribution in [-0.2, 0) is 4.74 Å². The van der Waals surface area contributed by atoms with Crippen molar-refractivity contribution in [2.45, 2.75) is 32.4 Å². The van der Waals surface area contributed by atoms with Crippen LogP contribution in [0.5, 0.6) is 0 Å². The van der Waals surface area contributed by atoms with Gasteiger partial charge < -0.3 is 4.74 Å². The summed E-state index contributed by atoms with van der Waals surface area (Å²) in [6.07, 6.45) is 1.94. The van der Waals surface area contributed by atoms with Gasteiger partial charge in [-0.05, 0) is 19.3 Å². The maximum absolute atomic E-state index is 5.21. The van der Waals surface area contributed by atoms with Crippen molar-refractivity contribution in [3.63, 3.8) is 0 Å². The van der Waals surface area contributed by atoms with E-state index in [4.69, 9.17) is 4.74 Å². The van der Waals surface area contributed by atoms with E-state index >= 15 is 0 Å². The minimum atomic E-state index is 0.572. The molecular weight excluding hydrogens is 138 g/mol. The second-order valence-electron chi connectivity index (χ2n) is 4.10. The number of rotatable bonds is 2. The van der Waals surface area contributed by atoms with Crippen molar-refractivity contribution in [2.75, 3.05) is 19.7 Å². The fourth-order valence-corrected chi connectivity index (χ4v) is 2.08. The molecule has 2 heteroatoms. The van der Waals surface area contributed by atoms with Gasteiger partial charge in [-0.25, -0.2) is 0 Å². The molecule has 2 aliphatic heterocycles. The normalized spacial score (nSPS) is 44.7. The van der Waals surface area contributed by atoms with Crippen LogP contribution in [0.1, 0.15) is 20.3 Å². The summed E-state index contributed by atoms with van der Waals surface area (Å²) in [6, 6.07) is 0.786. The number of hydrogen-bond acceptors (Lipinski definition) is 2. The second kappa shape index (κ2) is 2.76. The second-order valence-corrected chi connectivity index (χ2v) is 4.10. The zero-order valence-electron chi connectivity index (χ0n) is 7.42. The van der Waals surface area contributed by atoms with Gasteiger partial charge in [-0.15, -0.1) is 0 Å². The lowest BCUT2D eigenvalue weighted by atomic mass is 10.1. The molecule has 3 atom stereocenters. The average molecular weight is 155 g/mol. The minimum absolute atomic E-state index is 0.572. The molecule has 2 nitrogen and oxygen atoms in total. The molecule has 2 rings (SSSR count). The van der Waals surface area contributed by atoms with E-state index in [1.54, 1.807) is 0 Å². The van der Waals surface area contributed by atoms with E-state index in [0.29, 0.717) is 6.10 Å². The Kier molecular flexibility index (Phi) is 1.90. The third-order valence-corrected chi connectivity index (χ3v) is 2.75. The van der Waals surface area contributed by atoms with Crippen LogP contribution in [0.3, 0.4) is 0 Å². The first-order valence-electron chi connectivity index (χ1n) is 4.61. The quantitative estimate of drug-likeness (QED) is 0.555. The average Bonchev–Trinajstić information content (AvgIpc) is 2.64. The highest BCUT2D eigenvalue weighted by Crippen LogP contribution is 2.24. The summed E-state index contributed by atoms with van der Waals surface area (Å²) in [5.41, 5.74) is 0. The minimum Gasteiger partial charge on any atom is -0.372 e. The van der Waals surface area contributed by atoms with E-state index in [2.05, 4.69) is 18.7 Å². The van der Waals surface area contributed by atoms with Crippen molar-refractivity contribution in [2.24, 2.45) is 5.92 Å². The fourth-order valence-electron chi connectivity index (χ4n) is 2.08. The first-order valence-corrected chi connectivity index (χ1v) is 4.61. The van der Waals surface area contributed by atoms with Gasteiger partial charge in [-0.2, -0.15) is 0 Å². The Bertz CT molecular complexity index is 144. The molecular formula is C9H17NO. The smallest absolute Gasteiger partial charge is 0.0936 e. The topological polar surface area (TPSA) is 15.8 Å². The van der Waals surface area contributed by atoms with E-state index in [-0.39, 0.29) is 0 Å². The maximum Gasteiger partial charge on any atom is 0.0936 e. The molecule has 3 unspecified atom stereocenters. The van der Waals surface area contributed by atoms with Crippen LogP contribution in [0.4, 0.5) is 0 Å². The number of epoxide rings is 1. The van der Waals surface area contributed by atoms with Crippen LogP contribution in [0.2, 0.25) is 0 Å². The zero-order valence-corrected chi connectivity index (χ0v) is 7.42. The van der Waals surface area contributed by atoms with Gasteiger partial charge in [-0.1, -0.05) is 6.92 Å². The molecule has 2 heterocycles. The first-order chi connectivity index (χ1) is 5.25. The molecule has 0 radical (unpaired) electrons. The van der Waals surface area contributed by atoms with Gasteiger partial charge in [0.05, 0.1) is 12.7 Å². The van der Waals surface area contributed by atoms with E-state index in [0.717, 1.165) is 18.6 Å². The molecule has 0 aromatic rings. The summed E-state index contributed by atoms with van der Waals surface area (Å²) < 4.78 is 5.21. The molecule has 64 valence electrons. The third kappa shape index (κ3) is 1.74. The van der Waals surface area contributed by atoms with Gasteiger partial charge in [0.1, 0.15) is 0 Å². The summed E-state index contributed by atoms with van der Waals surface area (Å²) in [5.74, 6) is 0.892. The van der Waals surface area contributed by atoms with Crippen molar-refractivity contribution >= 4 is 0 Å². The Balaban J connectivity index is 1.82. The summed E-state index contributed by atoms with van der Waals surface area (Å²) in [4.78, 5) is 2.56. The van der Waals surface area contributed by atoms with Crippen LogP contribution in [0.25, 0.3) is 0 Å². The Labute approximate surface area is 68.5 Å². The van der Waals surface area contributed by atoms with Gasteiger partial charge in [0, 0.05) is 19.1 Å².